The highest BCUT2D eigenvalue weighted by molar-refractivity contribution is 5.64. The van der Waals surface area contributed by atoms with Crippen LogP contribution in [0.1, 0.15) is 31.1 Å². The number of para-hydroxylation sites is 1. The average Bonchev–Trinajstić information content (AvgIpc) is 3.06. The third-order valence-corrected chi connectivity index (χ3v) is 3.74. The standard InChI is InChI=1S/C14H16FN3O2/c1-19-12-9(5-2-6-10(12)15)13-17-14(20-18-13)8-4-3-7-11(8)16/h2,5-6,8,11H,3-4,7,16H2,1H3. The van der Waals surface area contributed by atoms with Crippen molar-refractivity contribution < 1.29 is 13.7 Å². The van der Waals surface area contributed by atoms with Gasteiger partial charge in [-0.25, -0.2) is 4.39 Å². The molecule has 3 rings (SSSR count). The number of benzene rings is 1. The van der Waals surface area contributed by atoms with Gasteiger partial charge >= 0.3 is 0 Å². The Hall–Kier alpha value is -1.95. The first-order valence-corrected chi connectivity index (χ1v) is 6.62. The first kappa shape index (κ1) is 13.1. The van der Waals surface area contributed by atoms with Gasteiger partial charge in [0.2, 0.25) is 11.7 Å². The minimum atomic E-state index is -0.450. The van der Waals surface area contributed by atoms with Crippen LogP contribution < -0.4 is 10.5 Å². The predicted molar refractivity (Wildman–Crippen MR) is 70.8 cm³/mol. The van der Waals surface area contributed by atoms with Crippen LogP contribution >= 0.6 is 0 Å². The molecule has 6 heteroatoms. The van der Waals surface area contributed by atoms with E-state index in [1.807, 2.05) is 0 Å². The molecule has 0 radical (unpaired) electrons. The Balaban J connectivity index is 1.96. The van der Waals surface area contributed by atoms with Gasteiger partial charge < -0.3 is 15.0 Å². The Labute approximate surface area is 115 Å². The van der Waals surface area contributed by atoms with Crippen LogP contribution in [0.3, 0.4) is 0 Å². The zero-order valence-electron chi connectivity index (χ0n) is 11.2. The smallest absolute Gasteiger partial charge is 0.231 e. The summed E-state index contributed by atoms with van der Waals surface area (Å²) < 4.78 is 24.0. The summed E-state index contributed by atoms with van der Waals surface area (Å²) in [5.41, 5.74) is 6.51. The summed E-state index contributed by atoms with van der Waals surface area (Å²) in [6, 6.07) is 4.67. The van der Waals surface area contributed by atoms with Crippen LogP contribution in [0.15, 0.2) is 22.7 Å². The zero-order chi connectivity index (χ0) is 14.1. The van der Waals surface area contributed by atoms with E-state index in [1.165, 1.54) is 13.2 Å². The second-order valence-electron chi connectivity index (χ2n) is 4.98. The number of hydrogen-bond acceptors (Lipinski definition) is 5. The lowest BCUT2D eigenvalue weighted by atomic mass is 10.0. The molecule has 0 aliphatic heterocycles. The SMILES string of the molecule is COc1c(F)cccc1-c1noc(C2CCCC2N)n1. The molecule has 0 amide bonds. The van der Waals surface area contributed by atoms with Gasteiger partial charge in [0.15, 0.2) is 11.6 Å². The molecule has 2 aromatic rings. The minimum Gasteiger partial charge on any atom is -0.493 e. The van der Waals surface area contributed by atoms with Gasteiger partial charge in [-0.1, -0.05) is 17.6 Å². The molecule has 106 valence electrons. The summed E-state index contributed by atoms with van der Waals surface area (Å²) in [5.74, 6) is 0.618. The molecule has 1 aromatic heterocycles. The average molecular weight is 277 g/mol. The van der Waals surface area contributed by atoms with E-state index in [9.17, 15) is 4.39 Å². The first-order chi connectivity index (χ1) is 9.70. The van der Waals surface area contributed by atoms with E-state index in [-0.39, 0.29) is 17.7 Å². The van der Waals surface area contributed by atoms with Crippen molar-refractivity contribution in [2.45, 2.75) is 31.2 Å². The van der Waals surface area contributed by atoms with E-state index in [4.69, 9.17) is 15.0 Å². The van der Waals surface area contributed by atoms with Gasteiger partial charge in [-0.05, 0) is 25.0 Å². The predicted octanol–water partition coefficient (Wildman–Crippen LogP) is 2.48. The molecule has 1 saturated carbocycles. The van der Waals surface area contributed by atoms with E-state index in [1.54, 1.807) is 12.1 Å². The van der Waals surface area contributed by atoms with Crippen LogP contribution in [0.25, 0.3) is 11.4 Å². The van der Waals surface area contributed by atoms with Gasteiger partial charge in [-0.2, -0.15) is 4.98 Å². The Morgan fingerprint density at radius 1 is 1.40 bits per heavy atom. The van der Waals surface area contributed by atoms with E-state index < -0.39 is 5.82 Å². The lowest BCUT2D eigenvalue weighted by Gasteiger charge is -2.09. The molecule has 2 N–H and O–H groups in total. The van der Waals surface area contributed by atoms with Crippen LogP contribution in [-0.4, -0.2) is 23.3 Å². The van der Waals surface area contributed by atoms with Crippen LogP contribution in [0.5, 0.6) is 5.75 Å². The van der Waals surface area contributed by atoms with E-state index in [0.29, 0.717) is 17.3 Å². The third-order valence-electron chi connectivity index (χ3n) is 3.74. The molecule has 1 aliphatic carbocycles. The lowest BCUT2D eigenvalue weighted by molar-refractivity contribution is 0.345. The first-order valence-electron chi connectivity index (χ1n) is 6.62. The molecule has 0 saturated heterocycles. The topological polar surface area (TPSA) is 74.2 Å². The molecule has 1 fully saturated rings. The maximum Gasteiger partial charge on any atom is 0.231 e. The number of halogens is 1. The highest BCUT2D eigenvalue weighted by atomic mass is 19.1. The van der Waals surface area contributed by atoms with Crippen molar-refractivity contribution in [2.24, 2.45) is 5.73 Å². The Morgan fingerprint density at radius 2 is 2.25 bits per heavy atom. The van der Waals surface area contributed by atoms with Crippen molar-refractivity contribution in [3.05, 3.63) is 29.9 Å². The van der Waals surface area contributed by atoms with Crippen LogP contribution in [0.2, 0.25) is 0 Å². The maximum absolute atomic E-state index is 13.7. The van der Waals surface area contributed by atoms with Crippen molar-refractivity contribution in [3.63, 3.8) is 0 Å². The number of methoxy groups -OCH3 is 1. The van der Waals surface area contributed by atoms with E-state index >= 15 is 0 Å². The summed E-state index contributed by atoms with van der Waals surface area (Å²) in [5, 5.41) is 3.93. The van der Waals surface area contributed by atoms with Crippen molar-refractivity contribution >= 4 is 0 Å². The summed E-state index contributed by atoms with van der Waals surface area (Å²) in [6.07, 6.45) is 2.97. The molecule has 5 nitrogen and oxygen atoms in total. The zero-order valence-corrected chi connectivity index (χ0v) is 11.2. The number of hydrogen-bond donors (Lipinski definition) is 1. The van der Waals surface area contributed by atoms with Crippen molar-refractivity contribution in [2.75, 3.05) is 7.11 Å². The second-order valence-corrected chi connectivity index (χ2v) is 4.98. The largest absolute Gasteiger partial charge is 0.493 e. The number of nitrogens with zero attached hydrogens (tertiary/aromatic N) is 2. The fraction of sp³-hybridized carbons (Fsp3) is 0.429. The molecule has 2 atom stereocenters. The van der Waals surface area contributed by atoms with Crippen LogP contribution in [0, 0.1) is 5.82 Å². The molecule has 20 heavy (non-hydrogen) atoms. The van der Waals surface area contributed by atoms with Gasteiger partial charge in [0.05, 0.1) is 18.6 Å². The van der Waals surface area contributed by atoms with Crippen molar-refractivity contribution in [1.82, 2.24) is 10.1 Å². The van der Waals surface area contributed by atoms with Gasteiger partial charge in [-0.15, -0.1) is 0 Å². The second kappa shape index (κ2) is 5.20. The minimum absolute atomic E-state index is 0.0534. The van der Waals surface area contributed by atoms with Crippen molar-refractivity contribution in [3.8, 4) is 17.1 Å². The summed E-state index contributed by atoms with van der Waals surface area (Å²) in [6.45, 7) is 0. The molecule has 0 spiro atoms. The molecule has 1 heterocycles. The fourth-order valence-corrected chi connectivity index (χ4v) is 2.68. The number of rotatable bonds is 3. The van der Waals surface area contributed by atoms with E-state index in [2.05, 4.69) is 10.1 Å². The monoisotopic (exact) mass is 277 g/mol. The molecule has 0 bridgehead atoms. The van der Waals surface area contributed by atoms with Gasteiger partial charge in [0.1, 0.15) is 0 Å². The van der Waals surface area contributed by atoms with Gasteiger partial charge in [0, 0.05) is 6.04 Å². The van der Waals surface area contributed by atoms with Crippen LogP contribution in [-0.2, 0) is 0 Å². The Bertz CT molecular complexity index is 614. The third kappa shape index (κ3) is 2.16. The molecule has 1 aliphatic rings. The van der Waals surface area contributed by atoms with Gasteiger partial charge in [-0.3, -0.25) is 0 Å². The summed E-state index contributed by atoms with van der Waals surface area (Å²) >= 11 is 0. The highest BCUT2D eigenvalue weighted by Crippen LogP contribution is 2.35. The molecule has 2 unspecified atom stereocenters. The molecular weight excluding hydrogens is 261 g/mol. The number of aromatic nitrogens is 2. The Morgan fingerprint density at radius 3 is 2.95 bits per heavy atom. The molecule has 1 aromatic carbocycles. The quantitative estimate of drug-likeness (QED) is 0.932. The van der Waals surface area contributed by atoms with Crippen molar-refractivity contribution in [1.29, 1.82) is 0 Å². The molecular formula is C14H16FN3O2. The van der Waals surface area contributed by atoms with Crippen LogP contribution in [0.4, 0.5) is 4.39 Å². The number of nitrogens with two attached hydrogens (primary N) is 1. The highest BCUT2D eigenvalue weighted by Gasteiger charge is 2.30. The summed E-state index contributed by atoms with van der Waals surface area (Å²) in [7, 11) is 1.41. The maximum atomic E-state index is 13.7. The summed E-state index contributed by atoms with van der Waals surface area (Å²) in [4.78, 5) is 4.36. The van der Waals surface area contributed by atoms with E-state index in [0.717, 1.165) is 19.3 Å². The fourth-order valence-electron chi connectivity index (χ4n) is 2.68. The Kier molecular flexibility index (Phi) is 3.40. The normalized spacial score (nSPS) is 22.1. The van der Waals surface area contributed by atoms with Gasteiger partial charge in [0.25, 0.3) is 0 Å². The number of ether oxygens (including phenoxy) is 1. The lowest BCUT2D eigenvalue weighted by Crippen LogP contribution is -2.22.